The molecule has 2 N–H and O–H groups in total. The lowest BCUT2D eigenvalue weighted by Crippen LogP contribution is -2.36. The molecular weight excluding hydrogens is 329 g/mol. The van der Waals surface area contributed by atoms with Crippen LogP contribution >= 0.6 is 36.6 Å². The van der Waals surface area contributed by atoms with Gasteiger partial charge in [-0.05, 0) is 38.9 Å². The Morgan fingerprint density at radius 2 is 1.95 bits per heavy atom. The topological polar surface area (TPSA) is 49.6 Å². The van der Waals surface area contributed by atoms with Gasteiger partial charge in [0.25, 0.3) is 0 Å². The molecular formula is C14H31Cl2N3OS. The second-order valence-electron chi connectivity index (χ2n) is 5.31. The SMILES string of the molecule is CCN(CC)CCSCC(=O)N1CC(CN)CC1C.Cl.Cl. The van der Waals surface area contributed by atoms with E-state index in [4.69, 9.17) is 5.73 Å². The summed E-state index contributed by atoms with van der Waals surface area (Å²) in [5, 5.41) is 0. The number of carbonyl (C=O) groups excluding carboxylic acids is 1. The molecule has 1 rings (SSSR count). The average molecular weight is 360 g/mol. The Morgan fingerprint density at radius 3 is 2.43 bits per heavy atom. The molecule has 4 nitrogen and oxygen atoms in total. The third-order valence-electron chi connectivity index (χ3n) is 3.99. The van der Waals surface area contributed by atoms with Crippen LogP contribution in [0.4, 0.5) is 0 Å². The lowest BCUT2D eigenvalue weighted by Gasteiger charge is -2.22. The fraction of sp³-hybridized carbons (Fsp3) is 0.929. The molecule has 2 atom stereocenters. The molecule has 7 heteroatoms. The number of carbonyl (C=O) groups is 1. The molecule has 0 aromatic carbocycles. The summed E-state index contributed by atoms with van der Waals surface area (Å²) in [6, 6.07) is 0.365. The molecule has 1 amide bonds. The van der Waals surface area contributed by atoms with E-state index < -0.39 is 0 Å². The lowest BCUT2D eigenvalue weighted by molar-refractivity contribution is -0.128. The molecule has 21 heavy (non-hydrogen) atoms. The maximum absolute atomic E-state index is 12.2. The number of nitrogens with two attached hydrogens (primary N) is 1. The van der Waals surface area contributed by atoms with Crippen molar-refractivity contribution in [3.8, 4) is 0 Å². The summed E-state index contributed by atoms with van der Waals surface area (Å²) in [5.41, 5.74) is 5.70. The normalized spacial score (nSPS) is 21.1. The highest BCUT2D eigenvalue weighted by atomic mass is 35.5. The van der Waals surface area contributed by atoms with Crippen molar-refractivity contribution in [3.05, 3.63) is 0 Å². The van der Waals surface area contributed by atoms with Gasteiger partial charge in [0.05, 0.1) is 5.75 Å². The monoisotopic (exact) mass is 359 g/mol. The quantitative estimate of drug-likeness (QED) is 0.674. The predicted octanol–water partition coefficient (Wildman–Crippen LogP) is 2.10. The number of nitrogens with zero attached hydrogens (tertiary/aromatic N) is 2. The van der Waals surface area contributed by atoms with Crippen molar-refractivity contribution >= 4 is 42.5 Å². The summed E-state index contributed by atoms with van der Waals surface area (Å²) in [4.78, 5) is 16.6. The molecule has 1 aliphatic heterocycles. The van der Waals surface area contributed by atoms with E-state index >= 15 is 0 Å². The fourth-order valence-electron chi connectivity index (χ4n) is 2.64. The molecule has 0 aromatic rings. The first-order valence-corrected chi connectivity index (χ1v) is 8.57. The van der Waals surface area contributed by atoms with Gasteiger partial charge in [0.2, 0.25) is 5.91 Å². The van der Waals surface area contributed by atoms with Crippen LogP contribution in [0.25, 0.3) is 0 Å². The molecule has 128 valence electrons. The van der Waals surface area contributed by atoms with Crippen LogP contribution in [-0.4, -0.2) is 66.0 Å². The third-order valence-corrected chi connectivity index (χ3v) is 4.91. The van der Waals surface area contributed by atoms with Gasteiger partial charge in [-0.15, -0.1) is 24.8 Å². The number of hydrogen-bond donors (Lipinski definition) is 1. The summed E-state index contributed by atoms with van der Waals surface area (Å²) in [6.07, 6.45) is 1.06. The van der Waals surface area contributed by atoms with E-state index in [2.05, 4.69) is 25.7 Å². The molecule has 0 aromatic heterocycles. The smallest absolute Gasteiger partial charge is 0.232 e. The molecule has 0 aliphatic carbocycles. The highest BCUT2D eigenvalue weighted by Crippen LogP contribution is 2.22. The van der Waals surface area contributed by atoms with Crippen LogP contribution < -0.4 is 5.73 Å². The minimum Gasteiger partial charge on any atom is -0.339 e. The number of amides is 1. The first-order valence-electron chi connectivity index (χ1n) is 7.41. The highest BCUT2D eigenvalue weighted by Gasteiger charge is 2.31. The van der Waals surface area contributed by atoms with Gasteiger partial charge in [-0.25, -0.2) is 0 Å². The molecule has 0 saturated carbocycles. The van der Waals surface area contributed by atoms with Gasteiger partial charge < -0.3 is 15.5 Å². The number of rotatable bonds is 8. The van der Waals surface area contributed by atoms with Gasteiger partial charge in [-0.3, -0.25) is 4.79 Å². The zero-order valence-electron chi connectivity index (χ0n) is 13.4. The summed E-state index contributed by atoms with van der Waals surface area (Å²) in [7, 11) is 0. The van der Waals surface area contributed by atoms with Crippen LogP contribution in [0.2, 0.25) is 0 Å². The summed E-state index contributed by atoms with van der Waals surface area (Å²) in [5.74, 6) is 2.44. The van der Waals surface area contributed by atoms with Gasteiger partial charge in [-0.2, -0.15) is 11.8 Å². The average Bonchev–Trinajstić information content (AvgIpc) is 2.80. The zero-order chi connectivity index (χ0) is 14.3. The van der Waals surface area contributed by atoms with Gasteiger partial charge in [-0.1, -0.05) is 13.8 Å². The van der Waals surface area contributed by atoms with Crippen molar-refractivity contribution in [2.45, 2.75) is 33.2 Å². The zero-order valence-corrected chi connectivity index (χ0v) is 15.9. The van der Waals surface area contributed by atoms with E-state index in [1.54, 1.807) is 11.8 Å². The van der Waals surface area contributed by atoms with E-state index in [0.29, 0.717) is 24.3 Å². The molecule has 0 radical (unpaired) electrons. The first-order chi connectivity index (χ1) is 9.12. The van der Waals surface area contributed by atoms with Gasteiger partial charge >= 0.3 is 0 Å². The summed E-state index contributed by atoms with van der Waals surface area (Å²) < 4.78 is 0. The number of thioether (sulfide) groups is 1. The van der Waals surface area contributed by atoms with Gasteiger partial charge in [0.15, 0.2) is 0 Å². The Hall–Kier alpha value is 0.320. The van der Waals surface area contributed by atoms with Crippen LogP contribution in [0.15, 0.2) is 0 Å². The van der Waals surface area contributed by atoms with Crippen LogP contribution in [0.1, 0.15) is 27.2 Å². The predicted molar refractivity (Wildman–Crippen MR) is 97.9 cm³/mol. The largest absolute Gasteiger partial charge is 0.339 e. The van der Waals surface area contributed by atoms with E-state index in [-0.39, 0.29) is 30.7 Å². The number of hydrogen-bond acceptors (Lipinski definition) is 4. The second-order valence-corrected chi connectivity index (χ2v) is 6.42. The Balaban J connectivity index is 0. The van der Waals surface area contributed by atoms with Crippen LogP contribution in [0.3, 0.4) is 0 Å². The summed E-state index contributed by atoms with van der Waals surface area (Å²) in [6.45, 7) is 11.3. The maximum atomic E-state index is 12.2. The summed E-state index contributed by atoms with van der Waals surface area (Å²) >= 11 is 1.75. The highest BCUT2D eigenvalue weighted by molar-refractivity contribution is 7.99. The van der Waals surface area contributed by atoms with Gasteiger partial charge in [0, 0.05) is 24.9 Å². The maximum Gasteiger partial charge on any atom is 0.232 e. The van der Waals surface area contributed by atoms with Crippen molar-refractivity contribution in [1.29, 1.82) is 0 Å². The van der Waals surface area contributed by atoms with Crippen molar-refractivity contribution in [2.75, 3.05) is 44.2 Å². The van der Waals surface area contributed by atoms with E-state index in [1.807, 2.05) is 4.90 Å². The number of halogens is 2. The standard InChI is InChI=1S/C14H29N3OS.2ClH/c1-4-16(5-2)6-7-19-11-14(18)17-10-13(9-15)8-12(17)3;;/h12-13H,4-11,15H2,1-3H3;2*1H. The minimum atomic E-state index is 0. The molecule has 1 heterocycles. The van der Waals surface area contributed by atoms with Crippen molar-refractivity contribution in [2.24, 2.45) is 11.7 Å². The molecule has 1 aliphatic rings. The van der Waals surface area contributed by atoms with E-state index in [9.17, 15) is 4.79 Å². The Kier molecular flexibility index (Phi) is 14.4. The molecule has 1 fully saturated rings. The minimum absolute atomic E-state index is 0. The van der Waals surface area contributed by atoms with Crippen molar-refractivity contribution < 1.29 is 4.79 Å². The fourth-order valence-corrected chi connectivity index (χ4v) is 3.51. The second kappa shape index (κ2) is 12.8. The molecule has 2 unspecified atom stereocenters. The number of likely N-dealkylation sites (tertiary alicyclic amines) is 1. The van der Waals surface area contributed by atoms with E-state index in [1.165, 1.54) is 0 Å². The molecule has 0 bridgehead atoms. The van der Waals surface area contributed by atoms with Crippen LogP contribution in [0.5, 0.6) is 0 Å². The lowest BCUT2D eigenvalue weighted by atomic mass is 10.1. The van der Waals surface area contributed by atoms with Crippen LogP contribution in [0, 0.1) is 5.92 Å². The van der Waals surface area contributed by atoms with Crippen LogP contribution in [-0.2, 0) is 4.79 Å². The molecule has 0 spiro atoms. The van der Waals surface area contributed by atoms with E-state index in [0.717, 1.165) is 38.4 Å². The Bertz CT molecular complexity index is 281. The van der Waals surface area contributed by atoms with Gasteiger partial charge in [0.1, 0.15) is 0 Å². The Morgan fingerprint density at radius 1 is 1.33 bits per heavy atom. The first kappa shape index (κ1) is 23.6. The third kappa shape index (κ3) is 7.93. The van der Waals surface area contributed by atoms with Crippen molar-refractivity contribution in [1.82, 2.24) is 9.80 Å². The van der Waals surface area contributed by atoms with Crippen molar-refractivity contribution in [3.63, 3.8) is 0 Å². The molecule has 1 saturated heterocycles. The Labute approximate surface area is 146 Å².